The minimum absolute atomic E-state index is 0.176. The zero-order valence-electron chi connectivity index (χ0n) is 22.3. The summed E-state index contributed by atoms with van der Waals surface area (Å²) in [5.74, 6) is -0.224. The van der Waals surface area contributed by atoms with Crippen LogP contribution in [0.1, 0.15) is 52.5 Å². The molecule has 1 aromatic rings. The topological polar surface area (TPSA) is 120 Å². The third-order valence-corrected chi connectivity index (χ3v) is 6.74. The monoisotopic (exact) mass is 502 g/mol. The summed E-state index contributed by atoms with van der Waals surface area (Å²) in [7, 11) is 3.15. The summed E-state index contributed by atoms with van der Waals surface area (Å²) in [6.07, 6.45) is 2.91. The fraction of sp³-hybridized carbons (Fsp3) is 0.571. The summed E-state index contributed by atoms with van der Waals surface area (Å²) in [6, 6.07) is 7.82. The molecule has 4 N–H and O–H groups in total. The van der Waals surface area contributed by atoms with Crippen LogP contribution in [0.25, 0.3) is 0 Å². The van der Waals surface area contributed by atoms with Crippen molar-refractivity contribution < 1.29 is 28.9 Å². The molecule has 36 heavy (non-hydrogen) atoms. The number of allylic oxidation sites excluding steroid dienone is 1. The predicted octanol–water partition coefficient (Wildman–Crippen LogP) is 4.37. The average molecular weight is 503 g/mol. The van der Waals surface area contributed by atoms with Crippen molar-refractivity contribution >= 4 is 17.7 Å². The molecule has 200 valence electrons. The molecule has 0 spiro atoms. The van der Waals surface area contributed by atoms with Gasteiger partial charge < -0.3 is 30.4 Å². The van der Waals surface area contributed by atoms with E-state index in [1.807, 2.05) is 50.3 Å². The number of hydrogen-bond donors (Lipinski definition) is 3. The van der Waals surface area contributed by atoms with Gasteiger partial charge in [0.25, 0.3) is 5.91 Å². The highest BCUT2D eigenvalue weighted by atomic mass is 16.6. The van der Waals surface area contributed by atoms with E-state index in [0.717, 1.165) is 23.2 Å². The number of carbonyl (C=O) groups excluding carboxylic acids is 2. The normalized spacial score (nSPS) is 31.9. The van der Waals surface area contributed by atoms with Crippen molar-refractivity contribution in [2.75, 3.05) is 19.5 Å². The Hall–Kier alpha value is -2.68. The first kappa shape index (κ1) is 29.5. The molecule has 1 aromatic carbocycles. The highest BCUT2D eigenvalue weighted by molar-refractivity contribution is 6.03. The first-order valence-corrected chi connectivity index (χ1v) is 12.5. The van der Waals surface area contributed by atoms with E-state index < -0.39 is 24.4 Å². The number of primary amides is 1. The van der Waals surface area contributed by atoms with Crippen LogP contribution in [0.5, 0.6) is 0 Å². The van der Waals surface area contributed by atoms with Crippen LogP contribution in [-0.4, -0.2) is 55.7 Å². The maximum atomic E-state index is 12.7. The number of methoxy groups -OCH3 is 2. The number of anilines is 1. The van der Waals surface area contributed by atoms with Crippen molar-refractivity contribution in [3.8, 4) is 0 Å². The highest BCUT2D eigenvalue weighted by Gasteiger charge is 2.29. The molecule has 8 heteroatoms. The van der Waals surface area contributed by atoms with E-state index in [1.54, 1.807) is 21.1 Å². The Kier molecular flexibility index (Phi) is 11.6. The summed E-state index contributed by atoms with van der Waals surface area (Å²) in [6.45, 7) is 7.62. The quantitative estimate of drug-likeness (QED) is 0.528. The van der Waals surface area contributed by atoms with Gasteiger partial charge in [-0.2, -0.15) is 0 Å². The van der Waals surface area contributed by atoms with Crippen LogP contribution in [0, 0.1) is 11.8 Å². The van der Waals surface area contributed by atoms with Crippen molar-refractivity contribution in [3.05, 3.63) is 53.1 Å². The Bertz CT molecular complexity index is 944. The molecule has 6 atom stereocenters. The summed E-state index contributed by atoms with van der Waals surface area (Å²) in [5.41, 5.74) is 8.50. The summed E-state index contributed by atoms with van der Waals surface area (Å²) < 4.78 is 16.8. The summed E-state index contributed by atoms with van der Waals surface area (Å²) >= 11 is 0. The average Bonchev–Trinajstić information content (AvgIpc) is 2.82. The zero-order valence-corrected chi connectivity index (χ0v) is 22.3. The van der Waals surface area contributed by atoms with E-state index in [2.05, 4.69) is 12.2 Å². The second-order valence-electron chi connectivity index (χ2n) is 9.83. The lowest BCUT2D eigenvalue weighted by molar-refractivity contribution is -0.112. The van der Waals surface area contributed by atoms with Gasteiger partial charge in [-0.25, -0.2) is 4.79 Å². The van der Waals surface area contributed by atoms with Crippen molar-refractivity contribution in [3.63, 3.8) is 0 Å². The number of aliphatic hydroxyl groups excluding tert-OH is 1. The Morgan fingerprint density at radius 3 is 2.47 bits per heavy atom. The standard InChI is InChI=1S/C28H42N2O6/c1-17-13-21-10-8-11-22(16-21)30-27(32)18(2)9-7-12-23(34-5)26(36-28(29)33)20(4)15-19(3)25(31)24(14-17)35-6/h8-11,15-17,19,23-26,31H,7,12-14H2,1-6H3,(H2,29,33)(H,30,32)/b18-9+,20-15+/t17-,19?,23?,24?,25?,26?/m1/s1. The smallest absolute Gasteiger partial charge is 0.405 e. The SMILES string of the molecule is COC1CC/C=C(\C)C(=O)Nc2cccc(c2)C[C@@H](C)CC(OC)C(O)C(C)/C=C(\C)C1OC(N)=O. The minimum atomic E-state index is -0.905. The second kappa shape index (κ2) is 14.2. The fourth-order valence-corrected chi connectivity index (χ4v) is 4.75. The van der Waals surface area contributed by atoms with Crippen LogP contribution < -0.4 is 11.1 Å². The minimum Gasteiger partial charge on any atom is -0.439 e. The molecule has 5 unspecified atom stereocenters. The molecule has 0 aromatic heterocycles. The van der Waals surface area contributed by atoms with E-state index in [1.165, 1.54) is 0 Å². The van der Waals surface area contributed by atoms with Gasteiger partial charge in [0.2, 0.25) is 0 Å². The molecule has 2 rings (SSSR count). The highest BCUT2D eigenvalue weighted by Crippen LogP contribution is 2.26. The van der Waals surface area contributed by atoms with Gasteiger partial charge in [0.05, 0.1) is 18.3 Å². The van der Waals surface area contributed by atoms with Gasteiger partial charge in [0.15, 0.2) is 6.10 Å². The van der Waals surface area contributed by atoms with Gasteiger partial charge >= 0.3 is 6.09 Å². The van der Waals surface area contributed by atoms with Crippen LogP contribution >= 0.6 is 0 Å². The molecule has 1 aliphatic rings. The van der Waals surface area contributed by atoms with Crippen LogP contribution in [0.15, 0.2) is 47.6 Å². The number of hydrogen-bond acceptors (Lipinski definition) is 6. The lowest BCUT2D eigenvalue weighted by atomic mass is 9.88. The number of aliphatic hydroxyl groups is 1. The molecular weight excluding hydrogens is 460 g/mol. The van der Waals surface area contributed by atoms with Gasteiger partial charge in [-0.1, -0.05) is 38.1 Å². The summed E-state index contributed by atoms with van der Waals surface area (Å²) in [5, 5.41) is 14.1. The predicted molar refractivity (Wildman–Crippen MR) is 141 cm³/mol. The number of rotatable bonds is 3. The van der Waals surface area contributed by atoms with Crippen LogP contribution in [0.2, 0.25) is 0 Å². The molecular formula is C28H42N2O6. The second-order valence-corrected chi connectivity index (χ2v) is 9.83. The Labute approximate surface area is 214 Å². The van der Waals surface area contributed by atoms with Gasteiger partial charge in [0, 0.05) is 31.4 Å². The third kappa shape index (κ3) is 8.76. The Morgan fingerprint density at radius 1 is 1.14 bits per heavy atom. The van der Waals surface area contributed by atoms with E-state index in [4.69, 9.17) is 19.9 Å². The number of ether oxygens (including phenoxy) is 3. The molecule has 0 aliphatic carbocycles. The fourth-order valence-electron chi connectivity index (χ4n) is 4.75. The van der Waals surface area contributed by atoms with Gasteiger partial charge in [-0.3, -0.25) is 4.79 Å². The number of fused-ring (bicyclic) bond motifs is 2. The van der Waals surface area contributed by atoms with E-state index >= 15 is 0 Å². The molecule has 2 amide bonds. The van der Waals surface area contributed by atoms with Gasteiger partial charge in [-0.05, 0) is 68.7 Å². The van der Waals surface area contributed by atoms with Crippen molar-refractivity contribution in [2.45, 2.75) is 77.8 Å². The molecule has 0 saturated heterocycles. The van der Waals surface area contributed by atoms with Crippen LogP contribution in [0.3, 0.4) is 0 Å². The number of amides is 2. The van der Waals surface area contributed by atoms with Crippen LogP contribution in [0.4, 0.5) is 10.5 Å². The number of carbonyl (C=O) groups is 2. The lowest BCUT2D eigenvalue weighted by Crippen LogP contribution is -2.37. The molecule has 8 nitrogen and oxygen atoms in total. The number of nitrogens with one attached hydrogen (secondary N) is 1. The molecule has 1 heterocycles. The van der Waals surface area contributed by atoms with Crippen molar-refractivity contribution in [1.29, 1.82) is 0 Å². The van der Waals surface area contributed by atoms with E-state index in [9.17, 15) is 14.7 Å². The molecule has 0 radical (unpaired) electrons. The number of nitrogens with two attached hydrogens (primary N) is 1. The Morgan fingerprint density at radius 2 is 1.83 bits per heavy atom. The molecule has 1 aliphatic heterocycles. The van der Waals surface area contributed by atoms with E-state index in [-0.39, 0.29) is 23.8 Å². The van der Waals surface area contributed by atoms with Gasteiger partial charge in [0.1, 0.15) is 0 Å². The van der Waals surface area contributed by atoms with Crippen LogP contribution in [-0.2, 0) is 25.4 Å². The van der Waals surface area contributed by atoms with E-state index in [0.29, 0.717) is 24.8 Å². The maximum Gasteiger partial charge on any atom is 0.405 e. The molecule has 0 fully saturated rings. The lowest BCUT2D eigenvalue weighted by Gasteiger charge is -2.30. The first-order chi connectivity index (χ1) is 17.0. The molecule has 2 bridgehead atoms. The van der Waals surface area contributed by atoms with Gasteiger partial charge in [-0.15, -0.1) is 0 Å². The number of benzene rings is 1. The Balaban J connectivity index is 2.43. The summed E-state index contributed by atoms with van der Waals surface area (Å²) in [4.78, 5) is 24.4. The maximum absolute atomic E-state index is 12.7. The zero-order chi connectivity index (χ0) is 26.8. The largest absolute Gasteiger partial charge is 0.439 e. The third-order valence-electron chi connectivity index (χ3n) is 6.74. The van der Waals surface area contributed by atoms with Crippen molar-refractivity contribution in [1.82, 2.24) is 0 Å². The van der Waals surface area contributed by atoms with Crippen molar-refractivity contribution in [2.24, 2.45) is 17.6 Å². The first-order valence-electron chi connectivity index (χ1n) is 12.5. The molecule has 0 saturated carbocycles.